The zero-order chi connectivity index (χ0) is 14.9. The second-order valence-corrected chi connectivity index (χ2v) is 4.95. The van der Waals surface area contributed by atoms with E-state index in [0.29, 0.717) is 12.2 Å². The average Bonchev–Trinajstić information content (AvgIpc) is 2.90. The topological polar surface area (TPSA) is 82.0 Å². The van der Waals surface area contributed by atoms with E-state index in [1.165, 1.54) is 0 Å². The molecule has 0 atom stereocenters. The zero-order valence-electron chi connectivity index (χ0n) is 12.3. The Balaban J connectivity index is 2.04. The molecule has 2 heterocycles. The molecule has 0 bridgehead atoms. The Morgan fingerprint density at radius 2 is 2.15 bits per heavy atom. The van der Waals surface area contributed by atoms with Gasteiger partial charge in [0, 0.05) is 26.5 Å². The van der Waals surface area contributed by atoms with Gasteiger partial charge in [0.1, 0.15) is 12.4 Å². The number of aryl methyl sites for hydroxylation is 2. The number of nitrogens with two attached hydrogens (primary N) is 1. The molecule has 0 fully saturated rings. The van der Waals surface area contributed by atoms with E-state index in [1.54, 1.807) is 22.8 Å². The summed E-state index contributed by atoms with van der Waals surface area (Å²) in [6, 6.07) is 0. The lowest BCUT2D eigenvalue weighted by atomic mass is 10.3. The lowest BCUT2D eigenvalue weighted by Gasteiger charge is -2.17. The molecule has 0 radical (unpaired) electrons. The highest BCUT2D eigenvalue weighted by atomic mass is 16.2. The fourth-order valence-corrected chi connectivity index (χ4v) is 1.96. The van der Waals surface area contributed by atoms with E-state index >= 15 is 0 Å². The van der Waals surface area contributed by atoms with Crippen LogP contribution in [0.25, 0.3) is 0 Å². The Morgan fingerprint density at radius 3 is 2.65 bits per heavy atom. The third-order valence-electron chi connectivity index (χ3n) is 3.45. The van der Waals surface area contributed by atoms with Crippen LogP contribution in [0, 0.1) is 13.8 Å². The highest BCUT2D eigenvalue weighted by molar-refractivity contribution is 5.75. The lowest BCUT2D eigenvalue weighted by molar-refractivity contribution is -0.131. The number of hydrogen-bond acceptors (Lipinski definition) is 4. The number of nitrogen functional groups attached to an aromatic ring is 1. The number of hydrogen-bond donors (Lipinski definition) is 1. The fourth-order valence-electron chi connectivity index (χ4n) is 1.96. The molecule has 2 aromatic rings. The van der Waals surface area contributed by atoms with Gasteiger partial charge in [0.2, 0.25) is 5.91 Å². The normalized spacial score (nSPS) is 10.8. The minimum Gasteiger partial charge on any atom is -0.396 e. The van der Waals surface area contributed by atoms with Gasteiger partial charge in [0.25, 0.3) is 0 Å². The first-order valence-electron chi connectivity index (χ1n) is 6.39. The van der Waals surface area contributed by atoms with Gasteiger partial charge in [-0.1, -0.05) is 0 Å². The van der Waals surface area contributed by atoms with Crippen molar-refractivity contribution >= 4 is 11.6 Å². The van der Waals surface area contributed by atoms with E-state index in [1.807, 2.05) is 31.7 Å². The molecule has 1 amide bonds. The molecular formula is C13H20N6O. The van der Waals surface area contributed by atoms with Gasteiger partial charge in [-0.3, -0.25) is 9.48 Å². The van der Waals surface area contributed by atoms with Gasteiger partial charge in [0.05, 0.1) is 23.6 Å². The fraction of sp³-hybridized carbons (Fsp3) is 0.462. The maximum Gasteiger partial charge on any atom is 0.244 e. The molecule has 2 aromatic heterocycles. The quantitative estimate of drug-likeness (QED) is 0.880. The maximum atomic E-state index is 12.2. The Hall–Kier alpha value is -2.31. The molecule has 0 saturated heterocycles. The van der Waals surface area contributed by atoms with Gasteiger partial charge in [0.15, 0.2) is 0 Å². The second kappa shape index (κ2) is 5.36. The van der Waals surface area contributed by atoms with E-state index in [0.717, 1.165) is 17.2 Å². The summed E-state index contributed by atoms with van der Waals surface area (Å²) in [5.74, 6) is 0.812. The third-order valence-corrected chi connectivity index (χ3v) is 3.45. The van der Waals surface area contributed by atoms with Crippen molar-refractivity contribution in [3.63, 3.8) is 0 Å². The van der Waals surface area contributed by atoms with Crippen LogP contribution in [0.5, 0.6) is 0 Å². The summed E-state index contributed by atoms with van der Waals surface area (Å²) in [5.41, 5.74) is 8.08. The monoisotopic (exact) mass is 276 g/mol. The molecule has 2 rings (SSSR count). The first-order valence-corrected chi connectivity index (χ1v) is 6.39. The van der Waals surface area contributed by atoms with Gasteiger partial charge in [-0.05, 0) is 13.8 Å². The predicted octanol–water partition coefficient (Wildman–Crippen LogP) is 0.474. The maximum absolute atomic E-state index is 12.2. The number of amides is 1. The van der Waals surface area contributed by atoms with Crippen molar-refractivity contribution in [1.29, 1.82) is 0 Å². The van der Waals surface area contributed by atoms with Gasteiger partial charge in [-0.25, -0.2) is 4.98 Å². The first kappa shape index (κ1) is 14.1. The van der Waals surface area contributed by atoms with Crippen LogP contribution in [0.2, 0.25) is 0 Å². The largest absolute Gasteiger partial charge is 0.396 e. The standard InChI is InChI=1S/C13H20N6O/c1-9-13(14)10(2)19(16-9)8-12(20)18(4)7-11-15-5-6-17(11)3/h5-6H,7-8,14H2,1-4H3. The number of nitrogens with zero attached hydrogens (tertiary/aromatic N) is 5. The minimum absolute atomic E-state index is 0.0291. The highest BCUT2D eigenvalue weighted by Crippen LogP contribution is 2.14. The van der Waals surface area contributed by atoms with Crippen LogP contribution >= 0.6 is 0 Å². The van der Waals surface area contributed by atoms with Crippen molar-refractivity contribution in [3.05, 3.63) is 29.6 Å². The molecular weight excluding hydrogens is 256 g/mol. The SMILES string of the molecule is Cc1nn(CC(=O)N(C)Cc2nccn2C)c(C)c1N. The lowest BCUT2D eigenvalue weighted by Crippen LogP contribution is -2.31. The Bertz CT molecular complexity index is 627. The number of carbonyl (C=O) groups excluding carboxylic acids is 1. The van der Waals surface area contributed by atoms with Crippen LogP contribution in [0.15, 0.2) is 12.4 Å². The molecule has 0 aromatic carbocycles. The van der Waals surface area contributed by atoms with E-state index in [4.69, 9.17) is 5.73 Å². The van der Waals surface area contributed by atoms with Crippen LogP contribution < -0.4 is 5.73 Å². The van der Waals surface area contributed by atoms with Crippen molar-refractivity contribution in [2.75, 3.05) is 12.8 Å². The number of anilines is 1. The summed E-state index contributed by atoms with van der Waals surface area (Å²) in [6.45, 7) is 4.35. The molecule has 7 heteroatoms. The number of likely N-dealkylation sites (N-methyl/N-ethyl adjacent to an activating group) is 1. The van der Waals surface area contributed by atoms with Crippen molar-refractivity contribution in [2.45, 2.75) is 26.9 Å². The minimum atomic E-state index is -0.0291. The number of carbonyl (C=O) groups is 1. The molecule has 0 aliphatic heterocycles. The van der Waals surface area contributed by atoms with Gasteiger partial charge in [-0.2, -0.15) is 5.10 Å². The second-order valence-electron chi connectivity index (χ2n) is 4.95. The van der Waals surface area contributed by atoms with Gasteiger partial charge < -0.3 is 15.2 Å². The first-order chi connectivity index (χ1) is 9.40. The Morgan fingerprint density at radius 1 is 1.45 bits per heavy atom. The average molecular weight is 276 g/mol. The number of aromatic nitrogens is 4. The molecule has 0 aliphatic rings. The Labute approximate surface area is 118 Å². The molecule has 20 heavy (non-hydrogen) atoms. The van der Waals surface area contributed by atoms with Gasteiger partial charge in [-0.15, -0.1) is 0 Å². The van der Waals surface area contributed by atoms with Crippen LogP contribution in [-0.2, 0) is 24.9 Å². The highest BCUT2D eigenvalue weighted by Gasteiger charge is 2.15. The van der Waals surface area contributed by atoms with Crippen molar-refractivity contribution in [2.24, 2.45) is 7.05 Å². The molecule has 2 N–H and O–H groups in total. The predicted molar refractivity (Wildman–Crippen MR) is 75.8 cm³/mol. The van der Waals surface area contributed by atoms with E-state index in [-0.39, 0.29) is 12.5 Å². The summed E-state index contributed by atoms with van der Waals surface area (Å²) in [7, 11) is 3.66. The Kier molecular flexibility index (Phi) is 3.78. The molecule has 108 valence electrons. The number of rotatable bonds is 4. The summed E-state index contributed by atoms with van der Waals surface area (Å²) in [6.07, 6.45) is 3.57. The zero-order valence-corrected chi connectivity index (χ0v) is 12.3. The smallest absolute Gasteiger partial charge is 0.244 e. The summed E-state index contributed by atoms with van der Waals surface area (Å²) in [4.78, 5) is 18.1. The van der Waals surface area contributed by atoms with Crippen molar-refractivity contribution in [3.8, 4) is 0 Å². The molecule has 0 unspecified atom stereocenters. The van der Waals surface area contributed by atoms with Crippen LogP contribution in [-0.4, -0.2) is 37.2 Å². The third kappa shape index (κ3) is 2.66. The number of imidazole rings is 1. The van der Waals surface area contributed by atoms with Gasteiger partial charge >= 0.3 is 0 Å². The summed E-state index contributed by atoms with van der Waals surface area (Å²) < 4.78 is 3.53. The van der Waals surface area contributed by atoms with Crippen LogP contribution in [0.1, 0.15) is 17.2 Å². The summed E-state index contributed by atoms with van der Waals surface area (Å²) in [5, 5.41) is 4.27. The van der Waals surface area contributed by atoms with Crippen molar-refractivity contribution < 1.29 is 4.79 Å². The molecule has 0 aliphatic carbocycles. The molecule has 7 nitrogen and oxygen atoms in total. The van der Waals surface area contributed by atoms with Crippen LogP contribution in [0.4, 0.5) is 5.69 Å². The van der Waals surface area contributed by atoms with E-state index in [2.05, 4.69) is 10.1 Å². The summed E-state index contributed by atoms with van der Waals surface area (Å²) >= 11 is 0. The van der Waals surface area contributed by atoms with Crippen molar-refractivity contribution in [1.82, 2.24) is 24.2 Å². The van der Waals surface area contributed by atoms with E-state index in [9.17, 15) is 4.79 Å². The molecule has 0 saturated carbocycles. The molecule has 0 spiro atoms. The van der Waals surface area contributed by atoms with E-state index < -0.39 is 0 Å². The van der Waals surface area contributed by atoms with Crippen LogP contribution in [0.3, 0.4) is 0 Å².